The molecule has 35 heavy (non-hydrogen) atoms. The molecule has 186 valence electrons. The largest absolute Gasteiger partial charge is 0.449 e. The van der Waals surface area contributed by atoms with E-state index in [1.165, 1.54) is 6.08 Å². The highest BCUT2D eigenvalue weighted by Gasteiger charge is 2.30. The number of nitrogens with zero attached hydrogens (tertiary/aromatic N) is 2. The zero-order chi connectivity index (χ0) is 24.6. The average Bonchev–Trinajstić information content (AvgIpc) is 3.53. The van der Waals surface area contributed by atoms with Gasteiger partial charge in [0, 0.05) is 55.2 Å². The van der Waals surface area contributed by atoms with Gasteiger partial charge in [0.25, 0.3) is 5.91 Å². The summed E-state index contributed by atoms with van der Waals surface area (Å²) in [5.41, 5.74) is 1.01. The number of fused-ring (bicyclic) bond motifs is 1. The van der Waals surface area contributed by atoms with Gasteiger partial charge in [-0.25, -0.2) is 0 Å². The number of piperidine rings is 1. The Kier molecular flexibility index (Phi) is 8.74. The van der Waals surface area contributed by atoms with Crippen molar-refractivity contribution in [2.75, 3.05) is 45.2 Å². The lowest BCUT2D eigenvalue weighted by Crippen LogP contribution is -2.46. The Hall–Kier alpha value is -2.94. The minimum Gasteiger partial charge on any atom is -0.449 e. The molecular weight excluding hydrogens is 462 g/mol. The van der Waals surface area contributed by atoms with Crippen LogP contribution in [-0.2, 0) is 9.53 Å². The molecule has 4 rings (SSSR count). The van der Waals surface area contributed by atoms with E-state index in [4.69, 9.17) is 9.15 Å². The Morgan fingerprint density at radius 2 is 2.03 bits per heavy atom. The van der Waals surface area contributed by atoms with E-state index in [1.807, 2.05) is 53.6 Å². The molecule has 0 bridgehead atoms. The fourth-order valence-electron chi connectivity index (χ4n) is 4.43. The van der Waals surface area contributed by atoms with Gasteiger partial charge in [-0.2, -0.15) is 0 Å². The van der Waals surface area contributed by atoms with Crippen molar-refractivity contribution in [3.63, 3.8) is 0 Å². The Balaban J connectivity index is 1.43. The minimum atomic E-state index is -0.300. The summed E-state index contributed by atoms with van der Waals surface area (Å²) < 4.78 is 11.4. The summed E-state index contributed by atoms with van der Waals surface area (Å²) in [6, 6.07) is 11.7. The number of para-hydroxylation sites is 1. The van der Waals surface area contributed by atoms with Gasteiger partial charge in [-0.15, -0.1) is 11.3 Å². The Bertz CT molecular complexity index is 1150. The van der Waals surface area contributed by atoms with Crippen molar-refractivity contribution in [2.45, 2.75) is 32.2 Å². The molecule has 1 aliphatic heterocycles. The average molecular weight is 496 g/mol. The van der Waals surface area contributed by atoms with Crippen LogP contribution in [0.25, 0.3) is 17.0 Å². The maximum absolute atomic E-state index is 13.5. The summed E-state index contributed by atoms with van der Waals surface area (Å²) in [5.74, 6) is -0.296. The standard InChI is InChI=1S/C27H33N3O4S/c1-3-33-18-7-15-29(2)20-13-16-30(17-14-20)27(32)26-25(22-9-4-5-10-23(22)34-26)28-24(31)12-11-21-8-6-19-35-21/h4-6,8-12,19-20H,3,7,13-18H2,1-2H3,(H,28,31). The Morgan fingerprint density at radius 1 is 1.23 bits per heavy atom. The van der Waals surface area contributed by atoms with Gasteiger partial charge in [-0.05, 0) is 62.9 Å². The van der Waals surface area contributed by atoms with Crippen LogP contribution in [0.5, 0.6) is 0 Å². The van der Waals surface area contributed by atoms with Gasteiger partial charge in [0.2, 0.25) is 11.7 Å². The Morgan fingerprint density at radius 3 is 2.77 bits per heavy atom. The molecule has 8 heteroatoms. The number of nitrogens with one attached hydrogen (secondary N) is 1. The van der Waals surface area contributed by atoms with E-state index in [0.717, 1.165) is 49.3 Å². The summed E-state index contributed by atoms with van der Waals surface area (Å²) in [6.45, 7) is 5.83. The summed E-state index contributed by atoms with van der Waals surface area (Å²) in [4.78, 5) is 31.3. The van der Waals surface area contributed by atoms with Crippen LogP contribution in [0, 0.1) is 0 Å². The number of thiophene rings is 1. The number of carbonyl (C=O) groups is 2. The lowest BCUT2D eigenvalue weighted by Gasteiger charge is -2.36. The van der Waals surface area contributed by atoms with Crippen molar-refractivity contribution < 1.29 is 18.7 Å². The third-order valence-corrected chi connectivity index (χ3v) is 7.20. The number of rotatable bonds is 10. The van der Waals surface area contributed by atoms with Crippen molar-refractivity contribution >= 4 is 45.9 Å². The van der Waals surface area contributed by atoms with Gasteiger partial charge >= 0.3 is 0 Å². The molecule has 1 aromatic carbocycles. The lowest BCUT2D eigenvalue weighted by atomic mass is 10.0. The normalized spacial score (nSPS) is 14.9. The summed E-state index contributed by atoms with van der Waals surface area (Å²) in [6.07, 6.45) is 6.06. The zero-order valence-electron chi connectivity index (χ0n) is 20.4. The highest BCUT2D eigenvalue weighted by molar-refractivity contribution is 7.10. The molecule has 0 unspecified atom stereocenters. The van der Waals surface area contributed by atoms with E-state index in [-0.39, 0.29) is 17.6 Å². The summed E-state index contributed by atoms with van der Waals surface area (Å²) in [5, 5.41) is 5.57. The quantitative estimate of drug-likeness (QED) is 0.313. The molecule has 0 radical (unpaired) electrons. The van der Waals surface area contributed by atoms with Crippen molar-refractivity contribution in [3.05, 3.63) is 58.5 Å². The SMILES string of the molecule is CCOCCCN(C)C1CCN(C(=O)c2oc3ccccc3c2NC(=O)C=Cc2cccs2)CC1. The molecule has 0 saturated carbocycles. The molecule has 2 aromatic heterocycles. The van der Waals surface area contributed by atoms with Gasteiger partial charge in [0.15, 0.2) is 0 Å². The molecule has 7 nitrogen and oxygen atoms in total. The zero-order valence-corrected chi connectivity index (χ0v) is 21.2. The van der Waals surface area contributed by atoms with E-state index in [0.29, 0.717) is 30.4 Å². The van der Waals surface area contributed by atoms with Crippen LogP contribution in [-0.4, -0.2) is 67.6 Å². The number of ether oxygens (including phenoxy) is 1. The lowest BCUT2D eigenvalue weighted by molar-refractivity contribution is -0.111. The molecule has 0 atom stereocenters. The van der Waals surface area contributed by atoms with E-state index >= 15 is 0 Å². The predicted octanol–water partition coefficient (Wildman–Crippen LogP) is 5.11. The van der Waals surface area contributed by atoms with Crippen LogP contribution in [0.3, 0.4) is 0 Å². The number of hydrogen-bond acceptors (Lipinski definition) is 6. The van der Waals surface area contributed by atoms with E-state index in [9.17, 15) is 9.59 Å². The predicted molar refractivity (Wildman–Crippen MR) is 141 cm³/mol. The first kappa shape index (κ1) is 25.2. The number of amides is 2. The van der Waals surface area contributed by atoms with E-state index in [2.05, 4.69) is 17.3 Å². The van der Waals surface area contributed by atoms with E-state index < -0.39 is 0 Å². The molecule has 0 spiro atoms. The smallest absolute Gasteiger partial charge is 0.291 e. The second-order valence-electron chi connectivity index (χ2n) is 8.69. The van der Waals surface area contributed by atoms with Gasteiger partial charge in [-0.3, -0.25) is 9.59 Å². The van der Waals surface area contributed by atoms with Gasteiger partial charge in [0.05, 0.1) is 0 Å². The monoisotopic (exact) mass is 495 g/mol. The first-order chi connectivity index (χ1) is 17.1. The first-order valence-electron chi connectivity index (χ1n) is 12.2. The van der Waals surface area contributed by atoms with Crippen molar-refractivity contribution in [1.29, 1.82) is 0 Å². The van der Waals surface area contributed by atoms with Gasteiger partial charge < -0.3 is 24.3 Å². The van der Waals surface area contributed by atoms with E-state index in [1.54, 1.807) is 17.4 Å². The number of carbonyl (C=O) groups excluding carboxylic acids is 2. The van der Waals surface area contributed by atoms with Crippen molar-refractivity contribution in [2.24, 2.45) is 0 Å². The topological polar surface area (TPSA) is 75.0 Å². The fraction of sp³-hybridized carbons (Fsp3) is 0.407. The number of likely N-dealkylation sites (tertiary alicyclic amines) is 1. The number of anilines is 1. The third-order valence-electron chi connectivity index (χ3n) is 6.36. The van der Waals surface area contributed by atoms with Crippen LogP contribution in [0.2, 0.25) is 0 Å². The molecule has 1 aliphatic rings. The fourth-order valence-corrected chi connectivity index (χ4v) is 5.04. The van der Waals surface area contributed by atoms with Crippen LogP contribution in [0.1, 0.15) is 41.6 Å². The number of benzene rings is 1. The molecule has 1 fully saturated rings. The molecule has 3 aromatic rings. The van der Waals surface area contributed by atoms with Crippen LogP contribution >= 0.6 is 11.3 Å². The van der Waals surface area contributed by atoms with Crippen LogP contribution in [0.4, 0.5) is 5.69 Å². The maximum Gasteiger partial charge on any atom is 0.291 e. The van der Waals surface area contributed by atoms with Crippen LogP contribution in [0.15, 0.2) is 52.3 Å². The number of furan rings is 1. The van der Waals surface area contributed by atoms with Crippen LogP contribution < -0.4 is 5.32 Å². The van der Waals surface area contributed by atoms with Gasteiger partial charge in [0.1, 0.15) is 11.3 Å². The van der Waals surface area contributed by atoms with Crippen molar-refractivity contribution in [1.82, 2.24) is 9.80 Å². The number of hydrogen-bond donors (Lipinski definition) is 1. The molecule has 1 saturated heterocycles. The highest BCUT2D eigenvalue weighted by atomic mass is 32.1. The molecule has 2 amide bonds. The molecule has 3 heterocycles. The third kappa shape index (κ3) is 6.39. The summed E-state index contributed by atoms with van der Waals surface area (Å²) >= 11 is 1.55. The van der Waals surface area contributed by atoms with Gasteiger partial charge in [-0.1, -0.05) is 18.2 Å². The Labute approximate surface area is 210 Å². The molecule has 0 aliphatic carbocycles. The second-order valence-corrected chi connectivity index (χ2v) is 9.67. The second kappa shape index (κ2) is 12.2. The first-order valence-corrected chi connectivity index (χ1v) is 13.1. The summed E-state index contributed by atoms with van der Waals surface area (Å²) in [7, 11) is 2.14. The highest BCUT2D eigenvalue weighted by Crippen LogP contribution is 2.32. The maximum atomic E-state index is 13.5. The molecular formula is C27H33N3O4S. The molecule has 1 N–H and O–H groups in total. The minimum absolute atomic E-state index is 0.184. The van der Waals surface area contributed by atoms with Crippen molar-refractivity contribution in [3.8, 4) is 0 Å².